The Morgan fingerprint density at radius 1 is 0.774 bits per heavy atom. The highest BCUT2D eigenvalue weighted by molar-refractivity contribution is 5.99. The Morgan fingerprint density at radius 3 is 1.87 bits per heavy atom. The lowest BCUT2D eigenvalue weighted by molar-refractivity contribution is -0.124. The molecule has 0 aromatic heterocycles. The number of carbonyl (C=O) groups is 2. The SMILES string of the molecule is O=C(COC(=O)c1cc2ccccc2cc1O)NN(c1ccccc1)c1ccccc1. The number of phenols is 1. The van der Waals surface area contributed by atoms with Crippen LogP contribution >= 0.6 is 0 Å². The third kappa shape index (κ3) is 4.64. The molecule has 6 heteroatoms. The molecule has 0 radical (unpaired) electrons. The van der Waals surface area contributed by atoms with Crippen molar-refractivity contribution in [1.29, 1.82) is 0 Å². The summed E-state index contributed by atoms with van der Waals surface area (Å²) in [5, 5.41) is 13.4. The quantitative estimate of drug-likeness (QED) is 0.358. The molecule has 0 spiro atoms. The van der Waals surface area contributed by atoms with Crippen molar-refractivity contribution in [2.24, 2.45) is 0 Å². The second-order valence-corrected chi connectivity index (χ2v) is 6.83. The van der Waals surface area contributed by atoms with Crippen molar-refractivity contribution in [3.63, 3.8) is 0 Å². The van der Waals surface area contributed by atoms with Crippen molar-refractivity contribution in [3.8, 4) is 5.75 Å². The molecular formula is C25H20N2O4. The van der Waals surface area contributed by atoms with E-state index in [1.165, 1.54) is 6.07 Å². The van der Waals surface area contributed by atoms with E-state index in [0.717, 1.165) is 22.1 Å². The number of rotatable bonds is 6. The molecule has 154 valence electrons. The van der Waals surface area contributed by atoms with Gasteiger partial charge in [-0.25, -0.2) is 4.79 Å². The third-order valence-corrected chi connectivity index (χ3v) is 4.68. The summed E-state index contributed by atoms with van der Waals surface area (Å²) in [6, 6.07) is 29.0. The molecule has 0 bridgehead atoms. The van der Waals surface area contributed by atoms with Gasteiger partial charge < -0.3 is 9.84 Å². The summed E-state index contributed by atoms with van der Waals surface area (Å²) >= 11 is 0. The monoisotopic (exact) mass is 412 g/mol. The van der Waals surface area contributed by atoms with Crippen LogP contribution in [0.2, 0.25) is 0 Å². The summed E-state index contributed by atoms with van der Waals surface area (Å²) in [6.07, 6.45) is 0. The largest absolute Gasteiger partial charge is 0.507 e. The first-order chi connectivity index (χ1) is 15.1. The van der Waals surface area contributed by atoms with E-state index in [1.807, 2.05) is 84.9 Å². The minimum absolute atomic E-state index is 0.00877. The summed E-state index contributed by atoms with van der Waals surface area (Å²) in [6.45, 7) is -0.499. The molecule has 4 aromatic rings. The summed E-state index contributed by atoms with van der Waals surface area (Å²) < 4.78 is 5.15. The van der Waals surface area contributed by atoms with E-state index in [2.05, 4.69) is 5.43 Å². The normalized spacial score (nSPS) is 10.5. The molecule has 4 aromatic carbocycles. The molecule has 0 fully saturated rings. The molecule has 0 aliphatic heterocycles. The van der Waals surface area contributed by atoms with Crippen molar-refractivity contribution in [2.45, 2.75) is 0 Å². The van der Waals surface area contributed by atoms with Crippen molar-refractivity contribution in [2.75, 3.05) is 11.6 Å². The lowest BCUT2D eigenvalue weighted by Gasteiger charge is -2.25. The molecule has 0 saturated heterocycles. The van der Waals surface area contributed by atoms with Crippen LogP contribution in [0.1, 0.15) is 10.4 Å². The van der Waals surface area contributed by atoms with Crippen LogP contribution in [0.3, 0.4) is 0 Å². The minimum Gasteiger partial charge on any atom is -0.507 e. The van der Waals surface area contributed by atoms with E-state index in [4.69, 9.17) is 4.74 Å². The van der Waals surface area contributed by atoms with E-state index in [9.17, 15) is 14.7 Å². The zero-order valence-corrected chi connectivity index (χ0v) is 16.6. The van der Waals surface area contributed by atoms with Gasteiger partial charge in [0.05, 0.1) is 11.4 Å². The van der Waals surface area contributed by atoms with Gasteiger partial charge in [-0.2, -0.15) is 0 Å². The van der Waals surface area contributed by atoms with Gasteiger partial charge in [-0.1, -0.05) is 60.7 Å². The number of carbonyl (C=O) groups excluding carboxylic acids is 2. The molecule has 0 atom stereocenters. The van der Waals surface area contributed by atoms with E-state index in [-0.39, 0.29) is 11.3 Å². The molecule has 0 aliphatic rings. The van der Waals surface area contributed by atoms with Crippen LogP contribution in [0.15, 0.2) is 97.1 Å². The van der Waals surface area contributed by atoms with Gasteiger partial charge in [0.15, 0.2) is 6.61 Å². The maximum Gasteiger partial charge on any atom is 0.342 e. The van der Waals surface area contributed by atoms with E-state index >= 15 is 0 Å². The number of aromatic hydroxyl groups is 1. The lowest BCUT2D eigenvalue weighted by Crippen LogP contribution is -2.41. The van der Waals surface area contributed by atoms with Gasteiger partial charge in [0, 0.05) is 0 Å². The van der Waals surface area contributed by atoms with Crippen LogP contribution in [-0.2, 0) is 9.53 Å². The number of anilines is 2. The average Bonchev–Trinajstić information content (AvgIpc) is 2.81. The number of hydrogen-bond donors (Lipinski definition) is 2. The van der Waals surface area contributed by atoms with Gasteiger partial charge >= 0.3 is 5.97 Å². The van der Waals surface area contributed by atoms with Crippen LogP contribution in [0.4, 0.5) is 11.4 Å². The van der Waals surface area contributed by atoms with Gasteiger partial charge in [-0.3, -0.25) is 15.2 Å². The fourth-order valence-corrected chi connectivity index (χ4v) is 3.19. The topological polar surface area (TPSA) is 78.9 Å². The number of nitrogens with zero attached hydrogens (tertiary/aromatic N) is 1. The predicted molar refractivity (Wildman–Crippen MR) is 119 cm³/mol. The van der Waals surface area contributed by atoms with Crippen molar-refractivity contribution in [3.05, 3.63) is 103 Å². The van der Waals surface area contributed by atoms with Crippen molar-refractivity contribution >= 4 is 34.0 Å². The van der Waals surface area contributed by atoms with Gasteiger partial charge in [-0.15, -0.1) is 0 Å². The maximum atomic E-state index is 12.5. The number of ether oxygens (including phenoxy) is 1. The van der Waals surface area contributed by atoms with Gasteiger partial charge in [0.1, 0.15) is 11.3 Å². The number of esters is 1. The lowest BCUT2D eigenvalue weighted by atomic mass is 10.1. The standard InChI is InChI=1S/C25H20N2O4/c28-23-16-19-10-8-7-9-18(19)15-22(23)25(30)31-17-24(29)26-27(20-11-3-1-4-12-20)21-13-5-2-6-14-21/h1-16,28H,17H2,(H,26,29). The number of hydrogen-bond acceptors (Lipinski definition) is 5. The third-order valence-electron chi connectivity index (χ3n) is 4.68. The zero-order chi connectivity index (χ0) is 21.6. The van der Waals surface area contributed by atoms with E-state index in [1.54, 1.807) is 11.1 Å². The van der Waals surface area contributed by atoms with E-state index in [0.29, 0.717) is 0 Å². The first-order valence-corrected chi connectivity index (χ1v) is 9.70. The Hall–Kier alpha value is -4.32. The molecule has 0 saturated carbocycles. The molecule has 0 heterocycles. The predicted octanol–water partition coefficient (Wildman–Crippen LogP) is 4.57. The number of hydrazine groups is 1. The highest BCUT2D eigenvalue weighted by Gasteiger charge is 2.17. The molecule has 4 rings (SSSR count). The van der Waals surface area contributed by atoms with Gasteiger partial charge in [0.2, 0.25) is 0 Å². The number of amides is 1. The number of benzene rings is 4. The fourth-order valence-electron chi connectivity index (χ4n) is 3.19. The first-order valence-electron chi connectivity index (χ1n) is 9.70. The zero-order valence-electron chi connectivity index (χ0n) is 16.6. The Kier molecular flexibility index (Phi) is 5.80. The van der Waals surface area contributed by atoms with Crippen LogP contribution < -0.4 is 10.4 Å². The Bertz CT molecular complexity index is 1170. The highest BCUT2D eigenvalue weighted by atomic mass is 16.5. The second-order valence-electron chi connectivity index (χ2n) is 6.83. The summed E-state index contributed by atoms with van der Waals surface area (Å²) in [5.41, 5.74) is 4.27. The molecule has 6 nitrogen and oxygen atoms in total. The minimum atomic E-state index is -0.774. The molecule has 31 heavy (non-hydrogen) atoms. The number of phenolic OH excluding ortho intramolecular Hbond substituents is 1. The Morgan fingerprint density at radius 2 is 1.29 bits per heavy atom. The maximum absolute atomic E-state index is 12.5. The highest BCUT2D eigenvalue weighted by Crippen LogP contribution is 2.26. The molecule has 0 unspecified atom stereocenters. The molecule has 0 aliphatic carbocycles. The smallest absolute Gasteiger partial charge is 0.342 e. The Labute approximate surface area is 179 Å². The second kappa shape index (κ2) is 9.00. The van der Waals surface area contributed by atoms with Gasteiger partial charge in [0.25, 0.3) is 5.91 Å². The fraction of sp³-hybridized carbons (Fsp3) is 0.0400. The van der Waals surface area contributed by atoms with Crippen LogP contribution in [-0.4, -0.2) is 23.6 Å². The molecule has 2 N–H and O–H groups in total. The average molecular weight is 412 g/mol. The summed E-state index contributed by atoms with van der Waals surface area (Å²) in [5.74, 6) is -1.48. The molecule has 1 amide bonds. The number of nitrogens with one attached hydrogen (secondary N) is 1. The summed E-state index contributed by atoms with van der Waals surface area (Å²) in [7, 11) is 0. The number of fused-ring (bicyclic) bond motifs is 1. The van der Waals surface area contributed by atoms with Crippen molar-refractivity contribution < 1.29 is 19.4 Å². The first kappa shape index (κ1) is 20.0. The van der Waals surface area contributed by atoms with Crippen LogP contribution in [0.5, 0.6) is 5.75 Å². The molecular weight excluding hydrogens is 392 g/mol. The Balaban J connectivity index is 1.46. The van der Waals surface area contributed by atoms with E-state index < -0.39 is 18.5 Å². The summed E-state index contributed by atoms with van der Waals surface area (Å²) in [4.78, 5) is 25.0. The van der Waals surface area contributed by atoms with Gasteiger partial charge in [-0.05, 0) is 47.2 Å². The number of para-hydroxylation sites is 2. The van der Waals surface area contributed by atoms with Crippen molar-refractivity contribution in [1.82, 2.24) is 5.43 Å². The van der Waals surface area contributed by atoms with Crippen LogP contribution in [0, 0.1) is 0 Å². The van der Waals surface area contributed by atoms with Crippen LogP contribution in [0.25, 0.3) is 10.8 Å².